The van der Waals surface area contributed by atoms with E-state index >= 15 is 0 Å². The number of aromatic nitrogens is 4. The number of rotatable bonds is 8. The summed E-state index contributed by atoms with van der Waals surface area (Å²) in [6, 6.07) is 4.15. The van der Waals surface area contributed by atoms with E-state index in [9.17, 15) is 22.4 Å². The van der Waals surface area contributed by atoms with Gasteiger partial charge in [-0.15, -0.1) is 0 Å². The molecular weight excluding hydrogens is 477 g/mol. The first-order valence-corrected chi connectivity index (χ1v) is 13.1. The lowest BCUT2D eigenvalue weighted by molar-refractivity contribution is 0.0611. The van der Waals surface area contributed by atoms with E-state index in [1.807, 2.05) is 0 Å². The van der Waals surface area contributed by atoms with Gasteiger partial charge >= 0.3 is 5.69 Å². The molecule has 2 aliphatic rings. The maximum atomic E-state index is 13.5. The highest BCUT2D eigenvalue weighted by molar-refractivity contribution is 7.89. The van der Waals surface area contributed by atoms with Crippen molar-refractivity contribution in [2.45, 2.75) is 49.2 Å². The number of aryl methyl sites for hydroxylation is 1. The van der Waals surface area contributed by atoms with Crippen molar-refractivity contribution in [2.75, 3.05) is 19.9 Å². The van der Waals surface area contributed by atoms with Crippen LogP contribution in [0, 0.1) is 5.92 Å². The van der Waals surface area contributed by atoms with Crippen LogP contribution < -0.4 is 16.0 Å². The van der Waals surface area contributed by atoms with Gasteiger partial charge in [0.1, 0.15) is 6.67 Å². The number of hydrogen-bond donors (Lipinski definition) is 1. The molecule has 0 spiro atoms. The predicted molar refractivity (Wildman–Crippen MR) is 127 cm³/mol. The van der Waals surface area contributed by atoms with Crippen LogP contribution in [0.1, 0.15) is 31.2 Å². The molecule has 0 radical (unpaired) electrons. The van der Waals surface area contributed by atoms with Gasteiger partial charge in [0.15, 0.2) is 0 Å². The lowest BCUT2D eigenvalue weighted by Gasteiger charge is -2.24. The molecule has 0 bridgehead atoms. The molecule has 3 aromatic rings. The number of hydrogen-bond acceptors (Lipinski definition) is 6. The van der Waals surface area contributed by atoms with E-state index in [1.165, 1.54) is 18.2 Å². The number of alkyl halides is 1. The Morgan fingerprint density at radius 1 is 1.20 bits per heavy atom. The van der Waals surface area contributed by atoms with Crippen LogP contribution in [0.25, 0.3) is 10.9 Å². The molecular formula is C23H28FN5O5S. The first-order valence-electron chi connectivity index (χ1n) is 11.6. The van der Waals surface area contributed by atoms with Crippen LogP contribution in [0.4, 0.5) is 4.39 Å². The zero-order valence-electron chi connectivity index (χ0n) is 19.4. The highest BCUT2D eigenvalue weighted by Crippen LogP contribution is 2.37. The third-order valence-corrected chi connectivity index (χ3v) is 8.42. The minimum atomic E-state index is -4.05. The summed E-state index contributed by atoms with van der Waals surface area (Å²) in [5, 5.41) is 4.22. The van der Waals surface area contributed by atoms with Crippen LogP contribution in [0.15, 0.2) is 45.1 Å². The second-order valence-corrected chi connectivity index (χ2v) is 11.2. The van der Waals surface area contributed by atoms with Crippen molar-refractivity contribution in [2.24, 2.45) is 13.0 Å². The number of sulfonamides is 1. The molecule has 10 nitrogen and oxygen atoms in total. The molecule has 2 fully saturated rings. The summed E-state index contributed by atoms with van der Waals surface area (Å²) in [5.41, 5.74) is -1.05. The zero-order chi connectivity index (χ0) is 24.8. The van der Waals surface area contributed by atoms with Crippen LogP contribution in [0.2, 0.25) is 0 Å². The average molecular weight is 506 g/mol. The normalized spacial score (nSPS) is 18.2. The maximum Gasteiger partial charge on any atom is 0.331 e. The molecule has 0 atom stereocenters. The quantitative estimate of drug-likeness (QED) is 0.491. The van der Waals surface area contributed by atoms with Gasteiger partial charge in [0.05, 0.1) is 34.1 Å². The number of benzene rings is 1. The highest BCUT2D eigenvalue weighted by Gasteiger charge is 2.46. The molecule has 1 saturated heterocycles. The summed E-state index contributed by atoms with van der Waals surface area (Å²) in [4.78, 5) is 26.8. The summed E-state index contributed by atoms with van der Waals surface area (Å²) in [5.74, 6) is 0.193. The van der Waals surface area contributed by atoms with E-state index in [0.717, 1.165) is 17.4 Å². The van der Waals surface area contributed by atoms with Crippen LogP contribution in [0.3, 0.4) is 0 Å². The lowest BCUT2D eigenvalue weighted by Crippen LogP contribution is -2.42. The van der Waals surface area contributed by atoms with Gasteiger partial charge in [0, 0.05) is 38.6 Å². The first-order chi connectivity index (χ1) is 16.7. The van der Waals surface area contributed by atoms with Gasteiger partial charge in [0.25, 0.3) is 5.56 Å². The van der Waals surface area contributed by atoms with Gasteiger partial charge in [-0.2, -0.15) is 5.10 Å². The molecule has 188 valence electrons. The predicted octanol–water partition coefficient (Wildman–Crippen LogP) is 1.15. The van der Waals surface area contributed by atoms with Crippen molar-refractivity contribution >= 4 is 20.9 Å². The molecule has 1 aromatic carbocycles. The van der Waals surface area contributed by atoms with Crippen LogP contribution in [0.5, 0.6) is 0 Å². The molecule has 3 heterocycles. The minimum Gasteiger partial charge on any atom is -0.381 e. The maximum absolute atomic E-state index is 13.5. The van der Waals surface area contributed by atoms with E-state index in [-0.39, 0.29) is 22.7 Å². The van der Waals surface area contributed by atoms with Gasteiger partial charge in [-0.05, 0) is 49.8 Å². The molecule has 1 N–H and O–H groups in total. The second-order valence-electron chi connectivity index (χ2n) is 9.56. The van der Waals surface area contributed by atoms with E-state index in [0.29, 0.717) is 43.7 Å². The molecule has 35 heavy (non-hydrogen) atoms. The number of nitrogens with one attached hydrogen (secondary N) is 1. The first kappa shape index (κ1) is 23.9. The van der Waals surface area contributed by atoms with Crippen molar-refractivity contribution in [3.63, 3.8) is 0 Å². The Bertz CT molecular complexity index is 1480. The molecule has 0 amide bonds. The van der Waals surface area contributed by atoms with Gasteiger partial charge in [-0.3, -0.25) is 18.6 Å². The molecule has 1 aliphatic heterocycles. The third-order valence-electron chi connectivity index (χ3n) is 6.85. The molecule has 2 aromatic heterocycles. The smallest absolute Gasteiger partial charge is 0.331 e. The van der Waals surface area contributed by atoms with E-state index in [1.54, 1.807) is 28.7 Å². The Morgan fingerprint density at radius 3 is 2.57 bits per heavy atom. The number of ether oxygens (including phenoxy) is 1. The summed E-state index contributed by atoms with van der Waals surface area (Å²) in [7, 11) is -2.31. The monoisotopic (exact) mass is 505 g/mol. The van der Waals surface area contributed by atoms with Crippen molar-refractivity contribution in [1.29, 1.82) is 0 Å². The summed E-state index contributed by atoms with van der Waals surface area (Å²) in [6.07, 6.45) is 5.73. The summed E-state index contributed by atoms with van der Waals surface area (Å²) >= 11 is 0. The topological polar surface area (TPSA) is 117 Å². The Balaban J connectivity index is 1.63. The Morgan fingerprint density at radius 2 is 1.94 bits per heavy atom. The molecule has 12 heteroatoms. The average Bonchev–Trinajstić information content (AvgIpc) is 3.49. The second kappa shape index (κ2) is 8.99. The van der Waals surface area contributed by atoms with Crippen LogP contribution >= 0.6 is 0 Å². The van der Waals surface area contributed by atoms with Crippen LogP contribution in [-0.2, 0) is 34.9 Å². The van der Waals surface area contributed by atoms with Gasteiger partial charge < -0.3 is 4.74 Å². The SMILES string of the molecule is Cn1cc(Cn2c(=O)c3cc(S(=O)(=O)NC4(CF)CC4)ccc3n(CC3CCOCC3)c2=O)cn1. The standard InChI is InChI=1S/C23H28FN5O5S/c1-27-12-17(11-25-27)14-29-21(30)19-10-18(35(32,33)26-23(15-24)6-7-23)2-3-20(19)28(22(29)31)13-16-4-8-34-9-5-16/h2-3,10-12,16,26H,4-9,13-15H2,1H3. The number of halogens is 1. The number of nitrogens with zero attached hydrogens (tertiary/aromatic N) is 4. The third kappa shape index (κ3) is 4.69. The fourth-order valence-corrected chi connectivity index (χ4v) is 6.03. The fourth-order valence-electron chi connectivity index (χ4n) is 4.57. The lowest BCUT2D eigenvalue weighted by atomic mass is 10.00. The number of fused-ring (bicyclic) bond motifs is 1. The Hall–Kier alpha value is -2.83. The van der Waals surface area contributed by atoms with Crippen molar-refractivity contribution in [3.05, 3.63) is 57.0 Å². The van der Waals surface area contributed by atoms with Gasteiger partial charge in [-0.1, -0.05) is 0 Å². The van der Waals surface area contributed by atoms with Crippen molar-refractivity contribution in [3.8, 4) is 0 Å². The summed E-state index contributed by atoms with van der Waals surface area (Å²) < 4.78 is 51.4. The largest absolute Gasteiger partial charge is 0.381 e. The van der Waals surface area contributed by atoms with Crippen LogP contribution in [-0.4, -0.2) is 52.8 Å². The molecule has 5 rings (SSSR count). The van der Waals surface area contributed by atoms with E-state index in [4.69, 9.17) is 4.74 Å². The van der Waals surface area contributed by atoms with E-state index in [2.05, 4.69) is 9.82 Å². The highest BCUT2D eigenvalue weighted by atomic mass is 32.2. The summed E-state index contributed by atoms with van der Waals surface area (Å²) in [6.45, 7) is 0.827. The van der Waals surface area contributed by atoms with Gasteiger partial charge in [0.2, 0.25) is 10.0 Å². The molecule has 1 saturated carbocycles. The molecule has 1 aliphatic carbocycles. The van der Waals surface area contributed by atoms with Crippen molar-refractivity contribution in [1.82, 2.24) is 23.6 Å². The Kier molecular flexibility index (Phi) is 6.14. The molecule has 0 unspecified atom stereocenters. The zero-order valence-corrected chi connectivity index (χ0v) is 20.3. The van der Waals surface area contributed by atoms with Crippen molar-refractivity contribution < 1.29 is 17.5 Å². The minimum absolute atomic E-state index is 0.00934. The van der Waals surface area contributed by atoms with Gasteiger partial charge in [-0.25, -0.2) is 22.3 Å². The van der Waals surface area contributed by atoms with E-state index < -0.39 is 33.5 Å². The Labute approximate surface area is 201 Å². The fraction of sp³-hybridized carbons (Fsp3) is 0.522.